The highest BCUT2D eigenvalue weighted by Gasteiger charge is 2.20. The maximum absolute atomic E-state index is 6.28. The van der Waals surface area contributed by atoms with Crippen molar-refractivity contribution in [2.24, 2.45) is 0 Å². The number of aromatic nitrogens is 3. The van der Waals surface area contributed by atoms with Crippen molar-refractivity contribution in [1.29, 1.82) is 0 Å². The van der Waals surface area contributed by atoms with Gasteiger partial charge in [0.25, 0.3) is 0 Å². The van der Waals surface area contributed by atoms with Gasteiger partial charge in [-0.05, 0) is 102 Å². The predicted molar refractivity (Wildman–Crippen MR) is 203 cm³/mol. The highest BCUT2D eigenvalue weighted by atomic mass is 16.3. The van der Waals surface area contributed by atoms with Crippen LogP contribution in [-0.2, 0) is 0 Å². The van der Waals surface area contributed by atoms with Gasteiger partial charge in [-0.15, -0.1) is 0 Å². The summed E-state index contributed by atoms with van der Waals surface area (Å²) in [5.41, 5.74) is 9.21. The van der Waals surface area contributed by atoms with Crippen LogP contribution in [0.15, 0.2) is 167 Å². The van der Waals surface area contributed by atoms with Crippen molar-refractivity contribution in [3.8, 4) is 5.69 Å². The van der Waals surface area contributed by atoms with E-state index in [9.17, 15) is 0 Å². The zero-order chi connectivity index (χ0) is 32.8. The third-order valence-corrected chi connectivity index (χ3v) is 9.87. The lowest BCUT2D eigenvalue weighted by molar-refractivity contribution is 0.653. The van der Waals surface area contributed by atoms with Gasteiger partial charge in [-0.3, -0.25) is 0 Å². The normalized spacial score (nSPS) is 12.0. The lowest BCUT2D eigenvalue weighted by Gasteiger charge is -2.26. The zero-order valence-electron chi connectivity index (χ0n) is 26.6. The molecule has 5 heterocycles. The van der Waals surface area contributed by atoms with Gasteiger partial charge in [0.15, 0.2) is 0 Å². The van der Waals surface area contributed by atoms with Crippen LogP contribution in [0.1, 0.15) is 0 Å². The second kappa shape index (κ2) is 10.3. The molecule has 0 aliphatic rings. The van der Waals surface area contributed by atoms with Gasteiger partial charge in [-0.25, -0.2) is 9.97 Å². The van der Waals surface area contributed by atoms with Crippen LogP contribution in [0.3, 0.4) is 0 Å². The molecule has 6 nitrogen and oxygen atoms in total. The van der Waals surface area contributed by atoms with Crippen molar-refractivity contribution in [3.63, 3.8) is 0 Å². The van der Waals surface area contributed by atoms with E-state index in [0.717, 1.165) is 61.0 Å². The van der Waals surface area contributed by atoms with Crippen molar-refractivity contribution >= 4 is 93.8 Å². The molecule has 0 bridgehead atoms. The fourth-order valence-corrected chi connectivity index (χ4v) is 7.63. The van der Waals surface area contributed by atoms with Crippen LogP contribution in [0.5, 0.6) is 0 Å². The van der Waals surface area contributed by atoms with Gasteiger partial charge in [0.05, 0.1) is 11.0 Å². The molecule has 6 aromatic carbocycles. The Morgan fingerprint density at radius 3 is 1.96 bits per heavy atom. The standard InChI is InChI=1S/C44H26N4O2/c1-2-9-28-23-40-37(22-27(28)8-1)33-12-3-4-15-39(33)48(40)30-11-5-10-29(24-30)47(31-17-19-41-38(25-31)36-14-7-21-46-44(36)49-41)32-16-18-34-35-13-6-20-45-43(35)50-42(34)26-32/h1-26H. The van der Waals surface area contributed by atoms with Crippen LogP contribution in [0.25, 0.3) is 82.4 Å². The maximum atomic E-state index is 6.28. The van der Waals surface area contributed by atoms with E-state index < -0.39 is 0 Å². The van der Waals surface area contributed by atoms with Gasteiger partial charge in [-0.1, -0.05) is 48.5 Å². The quantitative estimate of drug-likeness (QED) is 0.191. The van der Waals surface area contributed by atoms with Crippen LogP contribution < -0.4 is 4.90 Å². The van der Waals surface area contributed by atoms with E-state index in [2.05, 4.69) is 147 Å². The number of rotatable bonds is 4. The summed E-state index contributed by atoms with van der Waals surface area (Å²) in [5, 5.41) is 8.93. The summed E-state index contributed by atoms with van der Waals surface area (Å²) in [6, 6.07) is 51.3. The van der Waals surface area contributed by atoms with Gasteiger partial charge < -0.3 is 18.3 Å². The summed E-state index contributed by atoms with van der Waals surface area (Å²) < 4.78 is 14.8. The van der Waals surface area contributed by atoms with Crippen molar-refractivity contribution < 1.29 is 8.83 Å². The first kappa shape index (κ1) is 27.1. The Kier molecular flexibility index (Phi) is 5.57. The van der Waals surface area contributed by atoms with E-state index in [-0.39, 0.29) is 0 Å². The molecule has 0 N–H and O–H groups in total. The number of para-hydroxylation sites is 1. The molecule has 0 fully saturated rings. The lowest BCUT2D eigenvalue weighted by Crippen LogP contribution is -2.10. The highest BCUT2D eigenvalue weighted by Crippen LogP contribution is 2.42. The molecule has 0 aliphatic heterocycles. The number of anilines is 3. The van der Waals surface area contributed by atoms with Gasteiger partial charge >= 0.3 is 0 Å². The van der Waals surface area contributed by atoms with E-state index in [1.54, 1.807) is 12.4 Å². The summed E-state index contributed by atoms with van der Waals surface area (Å²) in [6.45, 7) is 0. The Bertz CT molecular complexity index is 3130. The Balaban J connectivity index is 1.16. The molecule has 0 saturated heterocycles. The van der Waals surface area contributed by atoms with Crippen LogP contribution >= 0.6 is 0 Å². The Labute approximate surface area is 285 Å². The monoisotopic (exact) mass is 642 g/mol. The molecule has 50 heavy (non-hydrogen) atoms. The number of furan rings is 2. The van der Waals surface area contributed by atoms with Crippen LogP contribution in [0, 0.1) is 0 Å². The summed E-state index contributed by atoms with van der Waals surface area (Å²) in [7, 11) is 0. The minimum atomic E-state index is 0.628. The number of pyridine rings is 2. The topological polar surface area (TPSA) is 60.2 Å². The molecule has 11 rings (SSSR count). The first-order valence-electron chi connectivity index (χ1n) is 16.6. The molecule has 0 saturated carbocycles. The number of hydrogen-bond acceptors (Lipinski definition) is 5. The van der Waals surface area contributed by atoms with E-state index in [4.69, 9.17) is 8.83 Å². The maximum Gasteiger partial charge on any atom is 0.227 e. The van der Waals surface area contributed by atoms with Crippen molar-refractivity contribution in [2.45, 2.75) is 0 Å². The Hall–Kier alpha value is -6.92. The fourth-order valence-electron chi connectivity index (χ4n) is 7.63. The number of nitrogens with zero attached hydrogens (tertiary/aromatic N) is 4. The first-order valence-corrected chi connectivity index (χ1v) is 16.6. The highest BCUT2D eigenvalue weighted by molar-refractivity contribution is 6.14. The van der Waals surface area contributed by atoms with E-state index in [1.165, 1.54) is 27.1 Å². The van der Waals surface area contributed by atoms with E-state index in [0.29, 0.717) is 11.4 Å². The molecular formula is C44H26N4O2. The largest absolute Gasteiger partial charge is 0.438 e. The Morgan fingerprint density at radius 1 is 0.420 bits per heavy atom. The molecule has 0 unspecified atom stereocenters. The third kappa shape index (κ3) is 3.96. The molecule has 234 valence electrons. The van der Waals surface area contributed by atoms with Crippen LogP contribution in [0.2, 0.25) is 0 Å². The summed E-state index contributed by atoms with van der Waals surface area (Å²) >= 11 is 0. The average Bonchev–Trinajstić information content (AvgIpc) is 3.83. The van der Waals surface area contributed by atoms with Gasteiger partial charge in [0.2, 0.25) is 11.4 Å². The van der Waals surface area contributed by atoms with Gasteiger partial charge in [0.1, 0.15) is 11.2 Å². The minimum Gasteiger partial charge on any atom is -0.438 e. The van der Waals surface area contributed by atoms with Crippen molar-refractivity contribution in [2.75, 3.05) is 4.90 Å². The summed E-state index contributed by atoms with van der Waals surface area (Å²) in [6.07, 6.45) is 3.53. The third-order valence-electron chi connectivity index (χ3n) is 9.87. The predicted octanol–water partition coefficient (Wildman–Crippen LogP) is 12.0. The first-order chi connectivity index (χ1) is 24.8. The Morgan fingerprint density at radius 2 is 1.10 bits per heavy atom. The smallest absolute Gasteiger partial charge is 0.227 e. The zero-order valence-corrected chi connectivity index (χ0v) is 26.6. The number of benzene rings is 6. The lowest BCUT2D eigenvalue weighted by atomic mass is 10.1. The molecular weight excluding hydrogens is 617 g/mol. The molecule has 11 aromatic rings. The molecule has 0 radical (unpaired) electrons. The molecule has 0 aliphatic carbocycles. The van der Waals surface area contributed by atoms with Crippen molar-refractivity contribution in [3.05, 3.63) is 158 Å². The molecule has 0 spiro atoms. The molecule has 6 heteroatoms. The summed E-state index contributed by atoms with van der Waals surface area (Å²) in [4.78, 5) is 11.2. The second-order valence-corrected chi connectivity index (χ2v) is 12.7. The average molecular weight is 643 g/mol. The van der Waals surface area contributed by atoms with Gasteiger partial charge in [-0.2, -0.15) is 0 Å². The molecule has 0 atom stereocenters. The summed E-state index contributed by atoms with van der Waals surface area (Å²) in [5.74, 6) is 0. The fraction of sp³-hybridized carbons (Fsp3) is 0. The van der Waals surface area contributed by atoms with Crippen molar-refractivity contribution in [1.82, 2.24) is 14.5 Å². The van der Waals surface area contributed by atoms with E-state index in [1.807, 2.05) is 18.2 Å². The van der Waals surface area contributed by atoms with Crippen LogP contribution in [-0.4, -0.2) is 14.5 Å². The van der Waals surface area contributed by atoms with Gasteiger partial charge in [0, 0.05) is 73.5 Å². The SMILES string of the molecule is c1cc(N(c2ccc3c(c2)oc2ncccc23)c2ccc3oc4ncccc4c3c2)cc(-n2c3ccccc3c3cc4ccccc4cc32)c1. The minimum absolute atomic E-state index is 0.628. The second-order valence-electron chi connectivity index (χ2n) is 12.7. The molecule has 5 aromatic heterocycles. The molecule has 0 amide bonds. The van der Waals surface area contributed by atoms with Crippen LogP contribution in [0.4, 0.5) is 17.1 Å². The number of fused-ring (bicyclic) bond motifs is 10. The van der Waals surface area contributed by atoms with E-state index >= 15 is 0 Å². The number of hydrogen-bond donors (Lipinski definition) is 0.